The topological polar surface area (TPSA) is 72.8 Å². The van der Waals surface area contributed by atoms with Crippen LogP contribution in [0.5, 0.6) is 5.75 Å². The number of phenols is 1. The van der Waals surface area contributed by atoms with Crippen LogP contribution in [0.25, 0.3) is 0 Å². The monoisotopic (exact) mass is 320 g/mol. The maximum Gasteiger partial charge on any atom is 0.318 e. The van der Waals surface area contributed by atoms with E-state index in [0.717, 1.165) is 31.2 Å². The fourth-order valence-corrected chi connectivity index (χ4v) is 2.98. The van der Waals surface area contributed by atoms with Gasteiger partial charge in [-0.15, -0.1) is 0 Å². The predicted molar refractivity (Wildman–Crippen MR) is 90.2 cm³/mol. The molecule has 0 aromatic heterocycles. The zero-order valence-corrected chi connectivity index (χ0v) is 14.2. The van der Waals surface area contributed by atoms with Crippen LogP contribution in [0.4, 0.5) is 4.79 Å². The lowest BCUT2D eigenvalue weighted by atomic mass is 9.91. The highest BCUT2D eigenvalue weighted by Crippen LogP contribution is 2.25. The van der Waals surface area contributed by atoms with Crippen LogP contribution < -0.4 is 5.32 Å². The van der Waals surface area contributed by atoms with E-state index >= 15 is 0 Å². The average Bonchev–Trinajstić information content (AvgIpc) is 2.44. The van der Waals surface area contributed by atoms with E-state index in [1.54, 1.807) is 18.2 Å². The quantitative estimate of drug-likeness (QED) is 0.801. The molecular formula is C18H28N2O3. The van der Waals surface area contributed by atoms with Crippen molar-refractivity contribution in [3.05, 3.63) is 29.8 Å². The van der Waals surface area contributed by atoms with E-state index < -0.39 is 0 Å². The lowest BCUT2D eigenvalue weighted by Crippen LogP contribution is -2.52. The maximum absolute atomic E-state index is 12.7. The highest BCUT2D eigenvalue weighted by molar-refractivity contribution is 5.75. The van der Waals surface area contributed by atoms with Crippen LogP contribution >= 0.6 is 0 Å². The summed E-state index contributed by atoms with van der Waals surface area (Å²) < 4.78 is 0. The molecule has 0 aliphatic heterocycles. The van der Waals surface area contributed by atoms with Gasteiger partial charge in [-0.3, -0.25) is 0 Å². The van der Waals surface area contributed by atoms with Crippen LogP contribution in [0.1, 0.15) is 52.0 Å². The van der Waals surface area contributed by atoms with Gasteiger partial charge in [0.25, 0.3) is 0 Å². The van der Waals surface area contributed by atoms with E-state index in [2.05, 4.69) is 5.32 Å². The first-order valence-corrected chi connectivity index (χ1v) is 8.29. The lowest BCUT2D eigenvalue weighted by molar-refractivity contribution is 0.0801. The first-order chi connectivity index (χ1) is 10.7. The van der Waals surface area contributed by atoms with E-state index in [-0.39, 0.29) is 29.5 Å². The van der Waals surface area contributed by atoms with Crippen molar-refractivity contribution < 1.29 is 15.0 Å². The molecule has 0 unspecified atom stereocenters. The minimum Gasteiger partial charge on any atom is -0.508 e. The molecule has 0 spiro atoms. The molecule has 1 saturated carbocycles. The van der Waals surface area contributed by atoms with Crippen molar-refractivity contribution in [1.82, 2.24) is 10.2 Å². The number of hydrogen-bond donors (Lipinski definition) is 3. The molecule has 5 nitrogen and oxygen atoms in total. The number of urea groups is 1. The summed E-state index contributed by atoms with van der Waals surface area (Å²) in [7, 11) is 0. The van der Waals surface area contributed by atoms with E-state index in [9.17, 15) is 15.0 Å². The number of benzene rings is 1. The molecule has 0 saturated heterocycles. The first kappa shape index (κ1) is 17.6. The molecule has 0 atom stereocenters. The lowest BCUT2D eigenvalue weighted by Gasteiger charge is -2.37. The molecule has 1 aliphatic rings. The minimum atomic E-state index is -0.303. The highest BCUT2D eigenvalue weighted by atomic mass is 16.3. The first-order valence-electron chi connectivity index (χ1n) is 8.29. The summed E-state index contributed by atoms with van der Waals surface area (Å²) in [5, 5.41) is 22.4. The van der Waals surface area contributed by atoms with E-state index in [4.69, 9.17) is 0 Å². The number of hydrogen-bond acceptors (Lipinski definition) is 3. The van der Waals surface area contributed by atoms with Crippen molar-refractivity contribution in [3.8, 4) is 5.75 Å². The van der Waals surface area contributed by atoms with Gasteiger partial charge in [0.2, 0.25) is 0 Å². The number of amides is 2. The molecule has 1 aromatic carbocycles. The SMILES string of the molecule is CC(C)(C)NC(=O)N(Cc1cccc(O)c1)C1CCC(O)CC1. The van der Waals surface area contributed by atoms with Crippen LogP contribution in [0, 0.1) is 0 Å². The summed E-state index contributed by atoms with van der Waals surface area (Å²) in [6.07, 6.45) is 2.81. The van der Waals surface area contributed by atoms with E-state index in [1.165, 1.54) is 0 Å². The third-order valence-corrected chi connectivity index (χ3v) is 4.11. The summed E-state index contributed by atoms with van der Waals surface area (Å²) in [4.78, 5) is 14.6. The van der Waals surface area contributed by atoms with Gasteiger partial charge in [0.05, 0.1) is 6.10 Å². The Hall–Kier alpha value is -1.75. The van der Waals surface area contributed by atoms with Crippen molar-refractivity contribution in [2.24, 2.45) is 0 Å². The Bertz CT molecular complexity index is 531. The molecule has 0 bridgehead atoms. The molecular weight excluding hydrogens is 292 g/mol. The molecule has 0 heterocycles. The Balaban J connectivity index is 2.15. The zero-order chi connectivity index (χ0) is 17.0. The number of aromatic hydroxyl groups is 1. The predicted octanol–water partition coefficient (Wildman–Crippen LogP) is 3.01. The smallest absolute Gasteiger partial charge is 0.318 e. The third-order valence-electron chi connectivity index (χ3n) is 4.11. The van der Waals surface area contributed by atoms with Crippen molar-refractivity contribution in [3.63, 3.8) is 0 Å². The maximum atomic E-state index is 12.7. The number of phenolic OH excluding ortho intramolecular Hbond substituents is 1. The number of nitrogens with zero attached hydrogens (tertiary/aromatic N) is 1. The normalized spacial score (nSPS) is 21.7. The Morgan fingerprint density at radius 1 is 1.26 bits per heavy atom. The zero-order valence-electron chi connectivity index (χ0n) is 14.2. The largest absolute Gasteiger partial charge is 0.508 e. The number of carbonyl (C=O) groups is 1. The molecule has 1 aromatic rings. The van der Waals surface area contributed by atoms with Gasteiger partial charge < -0.3 is 20.4 Å². The van der Waals surface area contributed by atoms with Crippen molar-refractivity contribution in [1.29, 1.82) is 0 Å². The van der Waals surface area contributed by atoms with Crippen molar-refractivity contribution in [2.45, 2.75) is 70.7 Å². The highest BCUT2D eigenvalue weighted by Gasteiger charge is 2.30. The Morgan fingerprint density at radius 2 is 1.91 bits per heavy atom. The number of aliphatic hydroxyl groups excluding tert-OH is 1. The summed E-state index contributed by atoms with van der Waals surface area (Å²) in [6.45, 7) is 6.34. The second-order valence-electron chi connectivity index (χ2n) is 7.44. The second-order valence-corrected chi connectivity index (χ2v) is 7.44. The molecule has 2 rings (SSSR count). The number of rotatable bonds is 3. The summed E-state index contributed by atoms with van der Waals surface area (Å²) in [5.74, 6) is 0.206. The molecule has 128 valence electrons. The number of aliphatic hydroxyl groups is 1. The summed E-state index contributed by atoms with van der Waals surface area (Å²) >= 11 is 0. The molecule has 0 radical (unpaired) electrons. The molecule has 3 N–H and O–H groups in total. The van der Waals surface area contributed by atoms with Crippen LogP contribution in [0.3, 0.4) is 0 Å². The summed E-state index contributed by atoms with van der Waals surface area (Å²) in [6, 6.07) is 7.03. The molecule has 2 amide bonds. The standard InChI is InChI=1S/C18H28N2O3/c1-18(2,3)19-17(23)20(14-7-9-15(21)10-8-14)12-13-5-4-6-16(22)11-13/h4-6,11,14-15,21-22H,7-10,12H2,1-3H3,(H,19,23). The van der Waals surface area contributed by atoms with Gasteiger partial charge in [-0.25, -0.2) is 4.79 Å². The Morgan fingerprint density at radius 3 is 2.48 bits per heavy atom. The Kier molecular flexibility index (Phi) is 5.52. The van der Waals surface area contributed by atoms with Gasteiger partial charge >= 0.3 is 6.03 Å². The van der Waals surface area contributed by atoms with Gasteiger partial charge in [-0.2, -0.15) is 0 Å². The fourth-order valence-electron chi connectivity index (χ4n) is 2.98. The van der Waals surface area contributed by atoms with Gasteiger partial charge in [0, 0.05) is 18.1 Å². The van der Waals surface area contributed by atoms with Gasteiger partial charge in [-0.05, 0) is 64.2 Å². The van der Waals surface area contributed by atoms with Gasteiger partial charge in [0.15, 0.2) is 0 Å². The average molecular weight is 320 g/mol. The molecule has 23 heavy (non-hydrogen) atoms. The number of nitrogens with one attached hydrogen (secondary N) is 1. The van der Waals surface area contributed by atoms with Crippen molar-refractivity contribution >= 4 is 6.03 Å². The molecule has 1 aliphatic carbocycles. The molecule has 1 fully saturated rings. The van der Waals surface area contributed by atoms with Gasteiger partial charge in [-0.1, -0.05) is 12.1 Å². The Labute approximate surface area is 138 Å². The van der Waals surface area contributed by atoms with E-state index in [1.807, 2.05) is 31.7 Å². The second kappa shape index (κ2) is 7.21. The third kappa shape index (κ3) is 5.43. The van der Waals surface area contributed by atoms with E-state index in [0.29, 0.717) is 6.54 Å². The fraction of sp³-hybridized carbons (Fsp3) is 0.611. The van der Waals surface area contributed by atoms with Crippen LogP contribution in [0.2, 0.25) is 0 Å². The van der Waals surface area contributed by atoms with Crippen LogP contribution in [0.15, 0.2) is 24.3 Å². The van der Waals surface area contributed by atoms with Gasteiger partial charge in [0.1, 0.15) is 5.75 Å². The van der Waals surface area contributed by atoms with Crippen molar-refractivity contribution in [2.75, 3.05) is 0 Å². The van der Waals surface area contributed by atoms with Crippen LogP contribution in [-0.2, 0) is 6.54 Å². The molecule has 5 heteroatoms. The summed E-state index contributed by atoms with van der Waals surface area (Å²) in [5.41, 5.74) is 0.600. The van der Waals surface area contributed by atoms with Crippen LogP contribution in [-0.4, -0.2) is 38.8 Å². The minimum absolute atomic E-state index is 0.0952. The number of carbonyl (C=O) groups excluding carboxylic acids is 1.